The molecule has 1 saturated heterocycles. The number of hydrogen-bond donors (Lipinski definition) is 0. The fourth-order valence-electron chi connectivity index (χ4n) is 4.08. The fraction of sp³-hybridized carbons (Fsp3) is 0.435. The van der Waals surface area contributed by atoms with Crippen molar-refractivity contribution in [2.45, 2.75) is 38.6 Å². The zero-order valence-corrected chi connectivity index (χ0v) is 18.1. The summed E-state index contributed by atoms with van der Waals surface area (Å²) in [5.74, 6) is 2.88. The van der Waals surface area contributed by atoms with Crippen molar-refractivity contribution in [1.82, 2.24) is 20.0 Å². The highest BCUT2D eigenvalue weighted by Gasteiger charge is 2.30. The lowest BCUT2D eigenvalue weighted by Gasteiger charge is -2.24. The molecule has 6 nitrogen and oxygen atoms in total. The molecule has 1 aliphatic heterocycles. The molecule has 0 atom stereocenters. The predicted molar refractivity (Wildman–Crippen MR) is 120 cm³/mol. The molecule has 3 aromatic rings. The van der Waals surface area contributed by atoms with Gasteiger partial charge in [-0.1, -0.05) is 35.0 Å². The molecular weight excluding hydrogens is 398 g/mol. The molecule has 2 fully saturated rings. The maximum atomic E-state index is 5.59. The van der Waals surface area contributed by atoms with Crippen molar-refractivity contribution in [3.05, 3.63) is 59.5 Å². The van der Waals surface area contributed by atoms with Crippen LogP contribution in [0.1, 0.15) is 42.1 Å². The molecular formula is C23H28ClN5O. The van der Waals surface area contributed by atoms with Gasteiger partial charge in [-0.25, -0.2) is 4.98 Å². The minimum Gasteiger partial charge on any atom is -0.355 e. The minimum absolute atomic E-state index is 0. The number of hydrogen-bond acceptors (Lipinski definition) is 6. The van der Waals surface area contributed by atoms with Gasteiger partial charge in [0.1, 0.15) is 5.82 Å². The lowest BCUT2D eigenvalue weighted by atomic mass is 10.1. The van der Waals surface area contributed by atoms with E-state index < -0.39 is 0 Å². The van der Waals surface area contributed by atoms with E-state index in [4.69, 9.17) is 9.51 Å². The Labute approximate surface area is 183 Å². The Morgan fingerprint density at radius 2 is 1.97 bits per heavy atom. The molecule has 1 aromatic carbocycles. The largest absolute Gasteiger partial charge is 0.355 e. The zero-order valence-electron chi connectivity index (χ0n) is 17.3. The SMILES string of the molecule is Cc1cccc(CN2CCCN(c3ncccc3-c3nc(C4CC4)no3)CC2)c1.Cl. The third-order valence-electron chi connectivity index (χ3n) is 5.78. The third-order valence-corrected chi connectivity index (χ3v) is 5.78. The van der Waals surface area contributed by atoms with Gasteiger partial charge in [0.05, 0.1) is 5.56 Å². The van der Waals surface area contributed by atoms with Crippen LogP contribution in [0.25, 0.3) is 11.5 Å². The lowest BCUT2D eigenvalue weighted by Crippen LogP contribution is -2.31. The summed E-state index contributed by atoms with van der Waals surface area (Å²) < 4.78 is 5.59. The summed E-state index contributed by atoms with van der Waals surface area (Å²) in [6.45, 7) is 7.19. The third kappa shape index (κ3) is 4.65. The van der Waals surface area contributed by atoms with E-state index in [9.17, 15) is 0 Å². The number of halogens is 1. The molecule has 2 aliphatic rings. The van der Waals surface area contributed by atoms with Crippen LogP contribution in [0, 0.1) is 6.92 Å². The molecule has 1 saturated carbocycles. The second-order valence-corrected chi connectivity index (χ2v) is 8.21. The predicted octanol–water partition coefficient (Wildman–Crippen LogP) is 4.45. The first-order valence-electron chi connectivity index (χ1n) is 10.6. The Morgan fingerprint density at radius 3 is 2.80 bits per heavy atom. The van der Waals surface area contributed by atoms with Crippen molar-refractivity contribution in [3.8, 4) is 11.5 Å². The van der Waals surface area contributed by atoms with Crippen LogP contribution in [0.15, 0.2) is 47.1 Å². The molecule has 30 heavy (non-hydrogen) atoms. The summed E-state index contributed by atoms with van der Waals surface area (Å²) in [5.41, 5.74) is 3.65. The zero-order chi connectivity index (χ0) is 19.6. The molecule has 0 radical (unpaired) electrons. The average Bonchev–Trinajstić information content (AvgIpc) is 3.51. The molecule has 0 bridgehead atoms. The Bertz CT molecular complexity index is 987. The highest BCUT2D eigenvalue weighted by atomic mass is 35.5. The standard InChI is InChI=1S/C23H27N5O.ClH/c1-17-5-2-6-18(15-17)16-27-11-4-12-28(14-13-27)22-20(7-3-10-24-22)23-25-21(26-29-23)19-8-9-19;/h2-3,5-7,10,15,19H,4,8-9,11-14,16H2,1H3;1H. The van der Waals surface area contributed by atoms with Crippen molar-refractivity contribution in [3.63, 3.8) is 0 Å². The van der Waals surface area contributed by atoms with Crippen molar-refractivity contribution in [2.24, 2.45) is 0 Å². The number of aryl methyl sites for hydroxylation is 1. The number of benzene rings is 1. The molecule has 7 heteroatoms. The first-order valence-corrected chi connectivity index (χ1v) is 10.6. The smallest absolute Gasteiger partial charge is 0.261 e. The summed E-state index contributed by atoms with van der Waals surface area (Å²) in [7, 11) is 0. The van der Waals surface area contributed by atoms with Gasteiger partial charge >= 0.3 is 0 Å². The van der Waals surface area contributed by atoms with Gasteiger partial charge in [0.2, 0.25) is 0 Å². The van der Waals surface area contributed by atoms with Crippen LogP contribution in [0.2, 0.25) is 0 Å². The molecule has 5 rings (SSSR count). The van der Waals surface area contributed by atoms with Gasteiger partial charge in [-0.05, 0) is 43.9 Å². The molecule has 0 unspecified atom stereocenters. The summed E-state index contributed by atoms with van der Waals surface area (Å²) in [4.78, 5) is 14.2. The molecule has 0 N–H and O–H groups in total. The quantitative estimate of drug-likeness (QED) is 0.601. The van der Waals surface area contributed by atoms with Crippen molar-refractivity contribution < 1.29 is 4.52 Å². The van der Waals surface area contributed by atoms with Crippen LogP contribution in [0.3, 0.4) is 0 Å². The van der Waals surface area contributed by atoms with Crippen LogP contribution in [-0.2, 0) is 6.54 Å². The Morgan fingerprint density at radius 1 is 1.07 bits per heavy atom. The maximum absolute atomic E-state index is 5.59. The number of rotatable bonds is 5. The molecule has 3 heterocycles. The molecule has 0 spiro atoms. The Kier molecular flexibility index (Phi) is 6.35. The fourth-order valence-corrected chi connectivity index (χ4v) is 4.08. The van der Waals surface area contributed by atoms with E-state index in [1.807, 2.05) is 18.3 Å². The second-order valence-electron chi connectivity index (χ2n) is 8.21. The van der Waals surface area contributed by atoms with Crippen molar-refractivity contribution >= 4 is 18.2 Å². The highest BCUT2D eigenvalue weighted by Crippen LogP contribution is 2.39. The number of anilines is 1. The van der Waals surface area contributed by atoms with Crippen molar-refractivity contribution in [2.75, 3.05) is 31.1 Å². The van der Waals surface area contributed by atoms with Crippen LogP contribution >= 0.6 is 12.4 Å². The minimum atomic E-state index is 0. The monoisotopic (exact) mass is 425 g/mol. The Hall–Kier alpha value is -2.44. The molecule has 2 aromatic heterocycles. The van der Waals surface area contributed by atoms with Gasteiger partial charge in [0, 0.05) is 44.8 Å². The normalized spacial score (nSPS) is 17.4. The van der Waals surface area contributed by atoms with E-state index in [0.29, 0.717) is 11.8 Å². The van der Waals surface area contributed by atoms with Gasteiger partial charge in [-0.15, -0.1) is 12.4 Å². The van der Waals surface area contributed by atoms with E-state index in [0.717, 1.165) is 56.4 Å². The number of nitrogens with zero attached hydrogens (tertiary/aromatic N) is 5. The van der Waals surface area contributed by atoms with Crippen molar-refractivity contribution in [1.29, 1.82) is 0 Å². The van der Waals surface area contributed by atoms with Gasteiger partial charge in [-0.2, -0.15) is 4.98 Å². The van der Waals surface area contributed by atoms with Crippen LogP contribution < -0.4 is 4.90 Å². The highest BCUT2D eigenvalue weighted by molar-refractivity contribution is 5.85. The summed E-state index contributed by atoms with van der Waals surface area (Å²) in [6, 6.07) is 12.8. The Balaban J connectivity index is 0.00000218. The van der Waals surface area contributed by atoms with E-state index in [-0.39, 0.29) is 12.4 Å². The first-order chi connectivity index (χ1) is 14.3. The summed E-state index contributed by atoms with van der Waals surface area (Å²) in [5, 5.41) is 4.18. The van der Waals surface area contributed by atoms with Gasteiger partial charge < -0.3 is 9.42 Å². The topological polar surface area (TPSA) is 58.3 Å². The van der Waals surface area contributed by atoms with E-state index in [1.54, 1.807) is 0 Å². The van der Waals surface area contributed by atoms with Crippen LogP contribution in [-0.4, -0.2) is 46.2 Å². The second kappa shape index (κ2) is 9.14. The van der Waals surface area contributed by atoms with E-state index >= 15 is 0 Å². The van der Waals surface area contributed by atoms with Crippen LogP contribution in [0.5, 0.6) is 0 Å². The van der Waals surface area contributed by atoms with Gasteiger partial charge in [0.15, 0.2) is 5.82 Å². The van der Waals surface area contributed by atoms with Crippen LogP contribution in [0.4, 0.5) is 5.82 Å². The van der Waals surface area contributed by atoms with Gasteiger partial charge in [-0.3, -0.25) is 4.90 Å². The maximum Gasteiger partial charge on any atom is 0.261 e. The van der Waals surface area contributed by atoms with E-state index in [1.165, 1.54) is 24.0 Å². The van der Waals surface area contributed by atoms with E-state index in [2.05, 4.69) is 51.1 Å². The number of pyridine rings is 1. The summed E-state index contributed by atoms with van der Waals surface area (Å²) in [6.07, 6.45) is 5.30. The van der Waals surface area contributed by atoms with Gasteiger partial charge in [0.25, 0.3) is 5.89 Å². The molecule has 0 amide bonds. The lowest BCUT2D eigenvalue weighted by molar-refractivity contribution is 0.285. The molecule has 158 valence electrons. The summed E-state index contributed by atoms with van der Waals surface area (Å²) >= 11 is 0. The molecule has 1 aliphatic carbocycles. The number of aromatic nitrogens is 3. The average molecular weight is 426 g/mol. The first kappa shape index (κ1) is 20.8.